The van der Waals surface area contributed by atoms with Crippen molar-refractivity contribution in [1.29, 1.82) is 0 Å². The number of benzene rings is 5. The van der Waals surface area contributed by atoms with E-state index in [1.165, 1.54) is 11.1 Å². The Morgan fingerprint density at radius 1 is 0.733 bits per heavy atom. The summed E-state index contributed by atoms with van der Waals surface area (Å²) in [5, 5.41) is 3.57. The zero-order valence-electron chi connectivity index (χ0n) is 25.0. The van der Waals surface area contributed by atoms with Gasteiger partial charge in [0.2, 0.25) is 0 Å². The normalized spacial score (nSPS) is 13.4. The van der Waals surface area contributed by atoms with E-state index in [-0.39, 0.29) is 24.2 Å². The molecule has 1 unspecified atom stereocenters. The number of carbonyl (C=O) groups excluding carboxylic acids is 2. The summed E-state index contributed by atoms with van der Waals surface area (Å²) in [6.45, 7) is 0.198. The fraction of sp³-hybridized carbons (Fsp3) is 0.179. The van der Waals surface area contributed by atoms with E-state index in [1.807, 2.05) is 97.3 Å². The molecule has 5 aromatic rings. The lowest BCUT2D eigenvalue weighted by Crippen LogP contribution is -2.42. The smallest absolute Gasteiger partial charge is 0.407 e. The van der Waals surface area contributed by atoms with Crippen molar-refractivity contribution in [1.82, 2.24) is 5.32 Å². The molecule has 0 bridgehead atoms. The quantitative estimate of drug-likeness (QED) is 0.117. The Hall–Kier alpha value is -4.32. The minimum Gasteiger partial charge on any atom is -0.449 e. The maximum absolute atomic E-state index is 13.7. The first-order chi connectivity index (χ1) is 22.0. The van der Waals surface area contributed by atoms with Crippen molar-refractivity contribution in [3.63, 3.8) is 0 Å². The third kappa shape index (κ3) is 6.85. The van der Waals surface area contributed by atoms with Gasteiger partial charge in [-0.05, 0) is 69.5 Å². The van der Waals surface area contributed by atoms with Crippen LogP contribution in [0.4, 0.5) is 4.79 Å². The third-order valence-electron chi connectivity index (χ3n) is 8.43. The molecule has 1 amide bonds. The number of carbonyl (C=O) groups is 2. The van der Waals surface area contributed by atoms with Gasteiger partial charge in [-0.15, -0.1) is 0 Å². The number of alkyl carbamates (subject to hydrolysis) is 1. The molecule has 226 valence electrons. The van der Waals surface area contributed by atoms with Crippen molar-refractivity contribution in [2.45, 2.75) is 24.3 Å². The van der Waals surface area contributed by atoms with Gasteiger partial charge in [-0.2, -0.15) is 11.8 Å². The molecular formula is C39H34ClNO3S. The number of halogens is 1. The Balaban J connectivity index is 1.17. The van der Waals surface area contributed by atoms with E-state index in [0.717, 1.165) is 33.6 Å². The van der Waals surface area contributed by atoms with Crippen LogP contribution in [0.5, 0.6) is 0 Å². The summed E-state index contributed by atoms with van der Waals surface area (Å²) in [5.74, 6) is 0.533. The number of nitrogens with one attached hydrogen (secondary N) is 1. The van der Waals surface area contributed by atoms with Crippen LogP contribution in [0, 0.1) is 0 Å². The van der Waals surface area contributed by atoms with Gasteiger partial charge in [0, 0.05) is 22.4 Å². The van der Waals surface area contributed by atoms with Crippen molar-refractivity contribution in [2.75, 3.05) is 18.6 Å². The Kier molecular flexibility index (Phi) is 9.68. The van der Waals surface area contributed by atoms with Gasteiger partial charge in [0.25, 0.3) is 0 Å². The van der Waals surface area contributed by atoms with E-state index in [4.69, 9.17) is 16.3 Å². The van der Waals surface area contributed by atoms with E-state index < -0.39 is 12.1 Å². The van der Waals surface area contributed by atoms with Crippen molar-refractivity contribution in [3.05, 3.63) is 166 Å². The molecule has 2 atom stereocenters. The van der Waals surface area contributed by atoms with Crippen LogP contribution in [0.2, 0.25) is 5.02 Å². The number of rotatable bonds is 11. The van der Waals surface area contributed by atoms with Gasteiger partial charge in [-0.1, -0.05) is 127 Å². The molecule has 0 spiro atoms. The molecule has 0 aliphatic heterocycles. The lowest BCUT2D eigenvalue weighted by Gasteiger charge is -2.21. The molecule has 1 aliphatic carbocycles. The molecule has 6 heteroatoms. The number of ether oxygens (including phenoxy) is 1. The minimum absolute atomic E-state index is 0.0149. The van der Waals surface area contributed by atoms with Crippen molar-refractivity contribution >= 4 is 35.2 Å². The average Bonchev–Trinajstić information content (AvgIpc) is 3.40. The maximum Gasteiger partial charge on any atom is 0.407 e. The summed E-state index contributed by atoms with van der Waals surface area (Å²) >= 11 is 7.82. The molecule has 0 heterocycles. The van der Waals surface area contributed by atoms with Gasteiger partial charge in [-0.3, -0.25) is 4.79 Å². The van der Waals surface area contributed by atoms with Crippen LogP contribution in [-0.4, -0.2) is 36.5 Å². The van der Waals surface area contributed by atoms with Crippen LogP contribution in [0.3, 0.4) is 0 Å². The highest BCUT2D eigenvalue weighted by molar-refractivity contribution is 7.98. The molecule has 1 aliphatic rings. The average molecular weight is 632 g/mol. The molecule has 0 saturated carbocycles. The van der Waals surface area contributed by atoms with Crippen LogP contribution < -0.4 is 5.32 Å². The van der Waals surface area contributed by atoms with Gasteiger partial charge in [0.15, 0.2) is 5.78 Å². The maximum atomic E-state index is 13.7. The van der Waals surface area contributed by atoms with E-state index >= 15 is 0 Å². The molecule has 45 heavy (non-hydrogen) atoms. The fourth-order valence-corrected chi connectivity index (χ4v) is 6.80. The Morgan fingerprint density at radius 2 is 1.27 bits per heavy atom. The number of fused-ring (bicyclic) bond motifs is 3. The number of amides is 1. The highest BCUT2D eigenvalue weighted by Gasteiger charge is 2.30. The predicted molar refractivity (Wildman–Crippen MR) is 185 cm³/mol. The van der Waals surface area contributed by atoms with Gasteiger partial charge in [-0.25, -0.2) is 4.79 Å². The third-order valence-corrected chi connectivity index (χ3v) is 9.32. The number of thioether (sulfide) groups is 1. The Morgan fingerprint density at radius 3 is 1.87 bits per heavy atom. The second kappa shape index (κ2) is 14.2. The molecule has 6 rings (SSSR count). The van der Waals surface area contributed by atoms with E-state index in [9.17, 15) is 9.59 Å². The van der Waals surface area contributed by atoms with Crippen LogP contribution in [0.25, 0.3) is 11.1 Å². The number of hydrogen-bond donors (Lipinski definition) is 1. The standard InChI is InChI=1S/C39H34ClNO3S/c1-45-24-23-36(41-39(43)44-25-35-33-13-7-5-11-31(33)32-12-6-8-14-34(32)35)38(42)29-17-15-27(16-18-29)37(26-9-3-2-4-10-26)28-19-21-30(40)22-20-28/h2-22,35-37H,23-25H2,1H3,(H,41,43)/t36-,37?/m0/s1. The molecule has 1 N–H and O–H groups in total. The second-order valence-electron chi connectivity index (χ2n) is 11.2. The predicted octanol–water partition coefficient (Wildman–Crippen LogP) is 9.36. The number of hydrogen-bond acceptors (Lipinski definition) is 4. The zero-order valence-corrected chi connectivity index (χ0v) is 26.6. The Labute approximate surface area is 273 Å². The highest BCUT2D eigenvalue weighted by atomic mass is 35.5. The first-order valence-corrected chi connectivity index (χ1v) is 16.9. The van der Waals surface area contributed by atoms with Gasteiger partial charge >= 0.3 is 6.09 Å². The molecule has 0 aromatic heterocycles. The van der Waals surface area contributed by atoms with Crippen LogP contribution in [0.1, 0.15) is 56.4 Å². The summed E-state index contributed by atoms with van der Waals surface area (Å²) in [6, 6.07) is 41.6. The Bertz CT molecular complexity index is 1730. The lowest BCUT2D eigenvalue weighted by molar-refractivity contribution is 0.0917. The first-order valence-electron chi connectivity index (χ1n) is 15.1. The SMILES string of the molecule is CSCC[C@H](NC(=O)OCC1c2ccccc2-c2ccccc21)C(=O)c1ccc(C(c2ccccc2)c2ccc(Cl)cc2)cc1. The topological polar surface area (TPSA) is 55.4 Å². The van der Waals surface area contributed by atoms with Crippen LogP contribution >= 0.6 is 23.4 Å². The van der Waals surface area contributed by atoms with Crippen molar-refractivity contribution in [3.8, 4) is 11.1 Å². The van der Waals surface area contributed by atoms with Crippen LogP contribution in [0.15, 0.2) is 127 Å². The first kappa shape index (κ1) is 30.7. The van der Waals surface area contributed by atoms with Crippen molar-refractivity contribution in [2.24, 2.45) is 0 Å². The molecule has 5 aromatic carbocycles. The summed E-state index contributed by atoms with van der Waals surface area (Å²) < 4.78 is 5.77. The van der Waals surface area contributed by atoms with Gasteiger partial charge in [0.1, 0.15) is 6.61 Å². The summed E-state index contributed by atoms with van der Waals surface area (Å²) in [4.78, 5) is 26.9. The van der Waals surface area contributed by atoms with E-state index in [0.29, 0.717) is 17.0 Å². The largest absolute Gasteiger partial charge is 0.449 e. The highest BCUT2D eigenvalue weighted by Crippen LogP contribution is 2.44. The number of ketones is 1. The fourth-order valence-electron chi connectivity index (χ4n) is 6.21. The molecule has 0 radical (unpaired) electrons. The molecule has 0 saturated heterocycles. The summed E-state index contributed by atoms with van der Waals surface area (Å²) in [5.41, 5.74) is 8.50. The van der Waals surface area contributed by atoms with Gasteiger partial charge in [0.05, 0.1) is 6.04 Å². The van der Waals surface area contributed by atoms with Gasteiger partial charge < -0.3 is 10.1 Å². The molecular weight excluding hydrogens is 598 g/mol. The monoisotopic (exact) mass is 631 g/mol. The lowest BCUT2D eigenvalue weighted by atomic mass is 9.84. The van der Waals surface area contributed by atoms with E-state index in [1.54, 1.807) is 11.8 Å². The second-order valence-corrected chi connectivity index (χ2v) is 12.6. The van der Waals surface area contributed by atoms with Crippen molar-refractivity contribution < 1.29 is 14.3 Å². The minimum atomic E-state index is -0.694. The summed E-state index contributed by atoms with van der Waals surface area (Å²) in [7, 11) is 0. The molecule has 0 fully saturated rings. The van der Waals surface area contributed by atoms with E-state index in [2.05, 4.69) is 41.7 Å². The molecule has 4 nitrogen and oxygen atoms in total. The zero-order chi connectivity index (χ0) is 31.2. The van der Waals surface area contributed by atoms with Crippen LogP contribution in [-0.2, 0) is 4.74 Å². The number of Topliss-reactive ketones (excluding diaryl/α,β-unsaturated/α-hetero) is 1. The summed E-state index contributed by atoms with van der Waals surface area (Å²) in [6.07, 6.45) is 1.91.